The molecule has 4 aromatic rings. The fourth-order valence-corrected chi connectivity index (χ4v) is 5.91. The number of aliphatic carboxylic acids is 1. The van der Waals surface area contributed by atoms with Gasteiger partial charge in [0.05, 0.1) is 18.7 Å². The van der Waals surface area contributed by atoms with Crippen molar-refractivity contribution < 1.29 is 27.5 Å². The number of fused-ring (bicyclic) bond motifs is 1. The average Bonchev–Trinajstić information content (AvgIpc) is 3.56. The number of hydrogen-bond donors (Lipinski definition) is 2. The van der Waals surface area contributed by atoms with Gasteiger partial charge in [0, 0.05) is 30.9 Å². The monoisotopic (exact) mass is 550 g/mol. The second-order valence-corrected chi connectivity index (χ2v) is 11.4. The number of rotatable bonds is 10. The molecule has 2 aromatic heterocycles. The molecule has 0 bridgehead atoms. The number of aromatic nitrogens is 3. The lowest BCUT2D eigenvalue weighted by Crippen LogP contribution is -2.13. The summed E-state index contributed by atoms with van der Waals surface area (Å²) in [5.74, 6) is 1.68. The maximum atomic E-state index is 12.8. The van der Waals surface area contributed by atoms with Gasteiger partial charge in [0.15, 0.2) is 5.03 Å². The molecule has 10 nitrogen and oxygen atoms in total. The smallest absolute Gasteiger partial charge is 0.303 e. The van der Waals surface area contributed by atoms with Crippen molar-refractivity contribution in [3.63, 3.8) is 0 Å². The van der Waals surface area contributed by atoms with E-state index in [2.05, 4.69) is 14.7 Å². The summed E-state index contributed by atoms with van der Waals surface area (Å²) in [6, 6.07) is 12.7. The first-order valence-electron chi connectivity index (χ1n) is 12.7. The highest BCUT2D eigenvalue weighted by Crippen LogP contribution is 2.37. The van der Waals surface area contributed by atoms with E-state index in [0.717, 1.165) is 35.4 Å². The summed E-state index contributed by atoms with van der Waals surface area (Å²) in [7, 11) is -2.11. The molecule has 0 amide bonds. The maximum absolute atomic E-state index is 12.8. The number of aryl methyl sites for hydroxylation is 4. The highest BCUT2D eigenvalue weighted by molar-refractivity contribution is 7.92. The van der Waals surface area contributed by atoms with Crippen molar-refractivity contribution in [2.45, 2.75) is 50.5 Å². The van der Waals surface area contributed by atoms with Crippen LogP contribution in [0.3, 0.4) is 0 Å². The van der Waals surface area contributed by atoms with Gasteiger partial charge in [-0.05, 0) is 74.1 Å². The number of carbonyl (C=O) groups is 1. The molecule has 0 fully saturated rings. The molecule has 2 aromatic carbocycles. The number of nitrogens with one attached hydrogen (secondary N) is 1. The molecule has 0 unspecified atom stereocenters. The highest BCUT2D eigenvalue weighted by Gasteiger charge is 2.25. The normalized spacial score (nSPS) is 14.8. The van der Waals surface area contributed by atoms with Gasteiger partial charge in [0.2, 0.25) is 5.89 Å². The van der Waals surface area contributed by atoms with E-state index in [1.807, 2.05) is 25.1 Å². The summed E-state index contributed by atoms with van der Waals surface area (Å²) in [5, 5.41) is 9.07. The van der Waals surface area contributed by atoms with Crippen molar-refractivity contribution in [2.24, 2.45) is 7.05 Å². The SMILES string of the molecule is Cc1oc(-c2cccc(NS(=O)(=O)c3cn(C)c(C)n3)c2)nc1CCOc1ccc2c(c1)CC[C@@H]2CC(=O)O. The molecule has 0 saturated heterocycles. The van der Waals surface area contributed by atoms with Gasteiger partial charge in [-0.2, -0.15) is 8.42 Å². The van der Waals surface area contributed by atoms with Crippen molar-refractivity contribution in [1.82, 2.24) is 14.5 Å². The number of nitrogens with zero attached hydrogens (tertiary/aromatic N) is 3. The fraction of sp³-hybridized carbons (Fsp3) is 0.321. The molecule has 2 heterocycles. The van der Waals surface area contributed by atoms with Gasteiger partial charge in [-0.1, -0.05) is 12.1 Å². The number of imidazole rings is 1. The fourth-order valence-electron chi connectivity index (χ4n) is 4.82. The van der Waals surface area contributed by atoms with Crippen molar-refractivity contribution >= 4 is 21.7 Å². The van der Waals surface area contributed by atoms with E-state index in [1.165, 1.54) is 6.20 Å². The first-order valence-corrected chi connectivity index (χ1v) is 14.1. The van der Waals surface area contributed by atoms with Crippen LogP contribution in [-0.2, 0) is 34.7 Å². The van der Waals surface area contributed by atoms with Gasteiger partial charge >= 0.3 is 5.97 Å². The van der Waals surface area contributed by atoms with Gasteiger partial charge in [-0.25, -0.2) is 9.97 Å². The molecule has 1 aliphatic carbocycles. The van der Waals surface area contributed by atoms with Crippen LogP contribution in [0.4, 0.5) is 5.69 Å². The number of carboxylic acid groups (broad SMARTS) is 1. The summed E-state index contributed by atoms with van der Waals surface area (Å²) in [6.07, 6.45) is 3.84. The van der Waals surface area contributed by atoms with E-state index >= 15 is 0 Å². The quantitative estimate of drug-likeness (QED) is 0.292. The zero-order chi connectivity index (χ0) is 27.7. The molecule has 1 atom stereocenters. The van der Waals surface area contributed by atoms with Gasteiger partial charge in [0.25, 0.3) is 10.0 Å². The molecular weight excluding hydrogens is 520 g/mol. The van der Waals surface area contributed by atoms with E-state index in [1.54, 1.807) is 42.8 Å². The average molecular weight is 551 g/mol. The van der Waals surface area contributed by atoms with Crippen LogP contribution < -0.4 is 9.46 Å². The second-order valence-electron chi connectivity index (χ2n) is 9.74. The molecule has 0 saturated carbocycles. The molecule has 204 valence electrons. The summed E-state index contributed by atoms with van der Waals surface area (Å²) >= 11 is 0. The molecule has 5 rings (SSSR count). The van der Waals surface area contributed by atoms with E-state index in [-0.39, 0.29) is 17.4 Å². The van der Waals surface area contributed by atoms with Crippen LogP contribution in [0.1, 0.15) is 47.2 Å². The number of benzene rings is 2. The van der Waals surface area contributed by atoms with Crippen molar-refractivity contribution in [3.8, 4) is 17.2 Å². The Morgan fingerprint density at radius 2 is 2.03 bits per heavy atom. The van der Waals surface area contributed by atoms with Gasteiger partial charge in [-0.15, -0.1) is 0 Å². The van der Waals surface area contributed by atoms with Crippen molar-refractivity contribution in [3.05, 3.63) is 77.1 Å². The van der Waals surface area contributed by atoms with Crippen LogP contribution in [0.25, 0.3) is 11.5 Å². The number of oxazole rings is 1. The van der Waals surface area contributed by atoms with Crippen LogP contribution in [0.5, 0.6) is 5.75 Å². The Kier molecular flexibility index (Phi) is 7.17. The summed E-state index contributed by atoms with van der Waals surface area (Å²) in [5.41, 5.74) is 4.01. The molecule has 11 heteroatoms. The Morgan fingerprint density at radius 3 is 2.77 bits per heavy atom. The lowest BCUT2D eigenvalue weighted by atomic mass is 9.98. The maximum Gasteiger partial charge on any atom is 0.303 e. The Morgan fingerprint density at radius 1 is 1.21 bits per heavy atom. The lowest BCUT2D eigenvalue weighted by molar-refractivity contribution is -0.137. The Balaban J connectivity index is 1.23. The number of ether oxygens (including phenoxy) is 1. The second kappa shape index (κ2) is 10.6. The van der Waals surface area contributed by atoms with E-state index in [9.17, 15) is 13.2 Å². The number of sulfonamides is 1. The lowest BCUT2D eigenvalue weighted by Gasteiger charge is -2.10. The first kappa shape index (κ1) is 26.5. The standard InChI is InChI=1S/C28H30N4O6S/c1-17-25(11-12-37-23-9-10-24-19(14-23)7-8-20(24)15-27(33)34)30-28(38-17)21-5-4-6-22(13-21)31-39(35,36)26-16-32(3)18(2)29-26/h4-6,9-10,13-14,16,20,31H,7-8,11-12,15H2,1-3H3,(H,33,34)/t20-/m1/s1. The Hall–Kier alpha value is -4.12. The van der Waals surface area contributed by atoms with Crippen LogP contribution in [-0.4, -0.2) is 40.6 Å². The molecule has 1 aliphatic rings. The third kappa shape index (κ3) is 5.83. The van der Waals surface area contributed by atoms with Gasteiger partial charge in [-0.3, -0.25) is 9.52 Å². The minimum atomic E-state index is -3.84. The van der Waals surface area contributed by atoms with Gasteiger partial charge in [0.1, 0.15) is 17.3 Å². The third-order valence-corrected chi connectivity index (χ3v) is 8.21. The van der Waals surface area contributed by atoms with E-state index in [0.29, 0.717) is 41.8 Å². The van der Waals surface area contributed by atoms with Crippen molar-refractivity contribution in [1.29, 1.82) is 0 Å². The topological polar surface area (TPSA) is 137 Å². The molecule has 0 spiro atoms. The molecule has 2 N–H and O–H groups in total. The minimum Gasteiger partial charge on any atom is -0.493 e. The highest BCUT2D eigenvalue weighted by atomic mass is 32.2. The predicted molar refractivity (Wildman–Crippen MR) is 144 cm³/mol. The van der Waals surface area contributed by atoms with Crippen LogP contribution in [0.15, 0.2) is 58.1 Å². The number of carboxylic acids is 1. The molecule has 0 aliphatic heterocycles. The third-order valence-electron chi connectivity index (χ3n) is 6.96. The number of anilines is 1. The van der Waals surface area contributed by atoms with Crippen molar-refractivity contribution in [2.75, 3.05) is 11.3 Å². The largest absolute Gasteiger partial charge is 0.493 e. The van der Waals surface area contributed by atoms with E-state index < -0.39 is 16.0 Å². The Bertz CT molecular complexity index is 1620. The zero-order valence-electron chi connectivity index (χ0n) is 22.0. The molecule has 0 radical (unpaired) electrons. The summed E-state index contributed by atoms with van der Waals surface area (Å²) in [6.45, 7) is 3.96. The Labute approximate surface area is 226 Å². The summed E-state index contributed by atoms with van der Waals surface area (Å²) in [4.78, 5) is 19.8. The van der Waals surface area contributed by atoms with E-state index in [4.69, 9.17) is 14.3 Å². The van der Waals surface area contributed by atoms with Crippen LogP contribution >= 0.6 is 0 Å². The minimum absolute atomic E-state index is 0.0504. The van der Waals surface area contributed by atoms with Gasteiger partial charge < -0.3 is 18.8 Å². The predicted octanol–water partition coefficient (Wildman–Crippen LogP) is 4.62. The first-order chi connectivity index (χ1) is 18.6. The summed E-state index contributed by atoms with van der Waals surface area (Å²) < 4.78 is 41.6. The zero-order valence-corrected chi connectivity index (χ0v) is 22.8. The van der Waals surface area contributed by atoms with Crippen LogP contribution in [0.2, 0.25) is 0 Å². The molecular formula is C28H30N4O6S. The van der Waals surface area contributed by atoms with Crippen LogP contribution in [0, 0.1) is 13.8 Å². The number of hydrogen-bond acceptors (Lipinski definition) is 7. The molecule has 39 heavy (non-hydrogen) atoms.